The van der Waals surface area contributed by atoms with Gasteiger partial charge in [0.05, 0.1) is 16.9 Å². The van der Waals surface area contributed by atoms with Gasteiger partial charge >= 0.3 is 6.18 Å². The molecule has 7 heteroatoms. The minimum Gasteiger partial charge on any atom is -0.311 e. The van der Waals surface area contributed by atoms with Crippen molar-refractivity contribution in [3.05, 3.63) is 46.2 Å². The molecule has 1 aromatic heterocycles. The van der Waals surface area contributed by atoms with Crippen molar-refractivity contribution in [3.63, 3.8) is 0 Å². The molecule has 0 saturated heterocycles. The molecule has 0 aliphatic carbocycles. The number of rotatable bonds is 5. The van der Waals surface area contributed by atoms with E-state index in [-0.39, 0.29) is 0 Å². The van der Waals surface area contributed by atoms with Crippen LogP contribution in [0.5, 0.6) is 0 Å². The Morgan fingerprint density at radius 2 is 2.05 bits per heavy atom. The summed E-state index contributed by atoms with van der Waals surface area (Å²) in [6.07, 6.45) is -1.70. The molecule has 0 atom stereocenters. The van der Waals surface area contributed by atoms with Gasteiger partial charge in [0.2, 0.25) is 0 Å². The average Bonchev–Trinajstić information content (AvgIpc) is 2.86. The van der Waals surface area contributed by atoms with Gasteiger partial charge in [0.25, 0.3) is 0 Å². The van der Waals surface area contributed by atoms with Crippen LogP contribution in [0.1, 0.15) is 24.6 Å². The van der Waals surface area contributed by atoms with E-state index in [1.165, 1.54) is 4.68 Å². The normalized spacial score (nSPS) is 11.9. The van der Waals surface area contributed by atoms with Gasteiger partial charge in [-0.3, -0.25) is 0 Å². The van der Waals surface area contributed by atoms with Crippen molar-refractivity contribution in [2.24, 2.45) is 0 Å². The van der Waals surface area contributed by atoms with Crippen LogP contribution in [0, 0.1) is 0 Å². The largest absolute Gasteiger partial charge is 0.416 e. The Morgan fingerprint density at radius 3 is 2.71 bits per heavy atom. The third-order valence-electron chi connectivity index (χ3n) is 2.85. The number of aromatic nitrogens is 2. The molecule has 1 aromatic carbocycles. The Balaban J connectivity index is 2.24. The molecule has 0 unspecified atom stereocenters. The first-order chi connectivity index (χ1) is 9.90. The molecule has 1 heterocycles. The van der Waals surface area contributed by atoms with E-state index >= 15 is 0 Å². The van der Waals surface area contributed by atoms with Crippen LogP contribution in [0.4, 0.5) is 13.2 Å². The van der Waals surface area contributed by atoms with Gasteiger partial charge in [-0.2, -0.15) is 18.3 Å². The van der Waals surface area contributed by atoms with Gasteiger partial charge in [-0.05, 0) is 37.2 Å². The topological polar surface area (TPSA) is 29.9 Å². The standard InChI is InChI=1S/C14H15BrF3N3/c1-2-4-19-9-12-3-5-21(20-12)13-7-10(14(16,17)18)6-11(15)8-13/h3,5-8,19H,2,4,9H2,1H3. The van der Waals surface area contributed by atoms with E-state index in [4.69, 9.17) is 0 Å². The molecule has 21 heavy (non-hydrogen) atoms. The maximum atomic E-state index is 12.8. The molecule has 0 fully saturated rings. The minimum absolute atomic E-state index is 0.369. The fourth-order valence-electron chi connectivity index (χ4n) is 1.86. The first-order valence-electron chi connectivity index (χ1n) is 6.53. The lowest BCUT2D eigenvalue weighted by atomic mass is 10.2. The summed E-state index contributed by atoms with van der Waals surface area (Å²) in [7, 11) is 0. The third kappa shape index (κ3) is 4.31. The summed E-state index contributed by atoms with van der Waals surface area (Å²) >= 11 is 3.11. The van der Waals surface area contributed by atoms with Crippen LogP contribution >= 0.6 is 15.9 Å². The highest BCUT2D eigenvalue weighted by Gasteiger charge is 2.31. The highest BCUT2D eigenvalue weighted by Crippen LogP contribution is 2.32. The zero-order chi connectivity index (χ0) is 15.5. The van der Waals surface area contributed by atoms with Crippen LogP contribution in [-0.4, -0.2) is 16.3 Å². The highest BCUT2D eigenvalue weighted by molar-refractivity contribution is 9.10. The molecule has 0 saturated carbocycles. The van der Waals surface area contributed by atoms with Crippen molar-refractivity contribution in [2.45, 2.75) is 26.1 Å². The van der Waals surface area contributed by atoms with Gasteiger partial charge in [-0.25, -0.2) is 4.68 Å². The second-order valence-electron chi connectivity index (χ2n) is 4.62. The van der Waals surface area contributed by atoms with E-state index < -0.39 is 11.7 Å². The SMILES string of the molecule is CCCNCc1ccn(-c2cc(Br)cc(C(F)(F)F)c2)n1. The van der Waals surface area contributed by atoms with Gasteiger partial charge < -0.3 is 5.32 Å². The molecular weight excluding hydrogens is 347 g/mol. The molecule has 0 aliphatic rings. The molecule has 0 bridgehead atoms. The maximum absolute atomic E-state index is 12.8. The number of alkyl halides is 3. The first kappa shape index (κ1) is 16.0. The Hall–Kier alpha value is -1.34. The van der Waals surface area contributed by atoms with Crippen molar-refractivity contribution in [2.75, 3.05) is 6.54 Å². The van der Waals surface area contributed by atoms with Crippen molar-refractivity contribution < 1.29 is 13.2 Å². The van der Waals surface area contributed by atoms with E-state index in [1.54, 1.807) is 18.3 Å². The van der Waals surface area contributed by atoms with Crippen LogP contribution in [0.2, 0.25) is 0 Å². The predicted octanol–water partition coefficient (Wildman–Crippen LogP) is 4.15. The molecule has 2 aromatic rings. The lowest BCUT2D eigenvalue weighted by Gasteiger charge is -2.10. The summed E-state index contributed by atoms with van der Waals surface area (Å²) in [4.78, 5) is 0. The predicted molar refractivity (Wildman–Crippen MR) is 78.3 cm³/mol. The molecule has 0 amide bonds. The maximum Gasteiger partial charge on any atom is 0.416 e. The van der Waals surface area contributed by atoms with Gasteiger partial charge in [-0.15, -0.1) is 0 Å². The molecule has 0 radical (unpaired) electrons. The molecule has 1 N–H and O–H groups in total. The average molecular weight is 362 g/mol. The van der Waals surface area contributed by atoms with Crippen molar-refractivity contribution in [3.8, 4) is 5.69 Å². The molecule has 114 valence electrons. The van der Waals surface area contributed by atoms with Crippen LogP contribution < -0.4 is 5.32 Å². The van der Waals surface area contributed by atoms with Crippen LogP contribution in [0.3, 0.4) is 0 Å². The van der Waals surface area contributed by atoms with Crippen LogP contribution in [-0.2, 0) is 12.7 Å². The van der Waals surface area contributed by atoms with Crippen LogP contribution in [0.25, 0.3) is 5.69 Å². The summed E-state index contributed by atoms with van der Waals surface area (Å²) < 4.78 is 40.3. The van der Waals surface area contributed by atoms with Crippen molar-refractivity contribution in [1.82, 2.24) is 15.1 Å². The monoisotopic (exact) mass is 361 g/mol. The third-order valence-corrected chi connectivity index (χ3v) is 3.31. The number of hydrogen-bond donors (Lipinski definition) is 1. The van der Waals surface area contributed by atoms with Gasteiger partial charge in [0, 0.05) is 17.2 Å². The number of nitrogens with one attached hydrogen (secondary N) is 1. The molecular formula is C14H15BrF3N3. The minimum atomic E-state index is -4.38. The lowest BCUT2D eigenvalue weighted by Crippen LogP contribution is -2.14. The Kier molecular flexibility index (Phi) is 5.05. The van der Waals surface area contributed by atoms with Crippen molar-refractivity contribution in [1.29, 1.82) is 0 Å². The second kappa shape index (κ2) is 6.62. The van der Waals surface area contributed by atoms with Crippen LogP contribution in [0.15, 0.2) is 34.9 Å². The Morgan fingerprint density at radius 1 is 1.29 bits per heavy atom. The van der Waals surface area contributed by atoms with Crippen molar-refractivity contribution >= 4 is 15.9 Å². The summed E-state index contributed by atoms with van der Waals surface area (Å²) in [5.41, 5.74) is 0.462. The van der Waals surface area contributed by atoms with E-state index in [1.807, 2.05) is 0 Å². The van der Waals surface area contributed by atoms with E-state index in [2.05, 4.69) is 33.3 Å². The van der Waals surface area contributed by atoms with E-state index in [0.717, 1.165) is 30.8 Å². The Bertz CT molecular complexity index is 608. The Labute approximate surface area is 129 Å². The zero-order valence-electron chi connectivity index (χ0n) is 11.4. The molecule has 0 aliphatic heterocycles. The second-order valence-corrected chi connectivity index (χ2v) is 5.54. The highest BCUT2D eigenvalue weighted by atomic mass is 79.9. The van der Waals surface area contributed by atoms with E-state index in [9.17, 15) is 13.2 Å². The summed E-state index contributed by atoms with van der Waals surface area (Å²) in [6.45, 7) is 3.54. The number of halogens is 4. The zero-order valence-corrected chi connectivity index (χ0v) is 13.0. The smallest absolute Gasteiger partial charge is 0.311 e. The lowest BCUT2D eigenvalue weighted by molar-refractivity contribution is -0.137. The molecule has 2 rings (SSSR count). The summed E-state index contributed by atoms with van der Waals surface area (Å²) in [5, 5.41) is 7.48. The number of hydrogen-bond acceptors (Lipinski definition) is 2. The molecule has 0 spiro atoms. The van der Waals surface area contributed by atoms with E-state index in [0.29, 0.717) is 16.7 Å². The number of nitrogens with zero attached hydrogens (tertiary/aromatic N) is 2. The fraction of sp³-hybridized carbons (Fsp3) is 0.357. The quantitative estimate of drug-likeness (QED) is 0.810. The van der Waals surface area contributed by atoms with Gasteiger partial charge in [-0.1, -0.05) is 22.9 Å². The number of benzene rings is 1. The van der Waals surface area contributed by atoms with Gasteiger partial charge in [0.15, 0.2) is 0 Å². The summed E-state index contributed by atoms with van der Waals surface area (Å²) in [6, 6.07) is 5.53. The fourth-order valence-corrected chi connectivity index (χ4v) is 2.34. The summed E-state index contributed by atoms with van der Waals surface area (Å²) in [5.74, 6) is 0. The molecule has 3 nitrogen and oxygen atoms in total. The first-order valence-corrected chi connectivity index (χ1v) is 7.33. The van der Waals surface area contributed by atoms with Gasteiger partial charge in [0.1, 0.15) is 0 Å².